The fraction of sp³-hybridized carbons (Fsp3) is 0.375. The molecule has 1 atom stereocenters. The minimum absolute atomic E-state index is 0.335. The topological polar surface area (TPSA) is 47.0 Å². The quantitative estimate of drug-likeness (QED) is 0.927. The van der Waals surface area contributed by atoms with E-state index >= 15 is 0 Å². The molecule has 2 heterocycles. The molecule has 1 fully saturated rings. The first-order chi connectivity index (χ1) is 9.88. The van der Waals surface area contributed by atoms with Gasteiger partial charge < -0.3 is 10.1 Å². The largest absolute Gasteiger partial charge is 0.493 e. The van der Waals surface area contributed by atoms with E-state index in [-0.39, 0.29) is 0 Å². The number of para-hydroxylation sites is 1. The Morgan fingerprint density at radius 1 is 1.30 bits per heavy atom. The monoisotopic (exact) mass is 269 g/mol. The molecule has 1 unspecified atom stereocenters. The van der Waals surface area contributed by atoms with E-state index in [9.17, 15) is 0 Å². The number of nitrogens with zero attached hydrogens (tertiary/aromatic N) is 2. The van der Waals surface area contributed by atoms with Crippen molar-refractivity contribution in [2.75, 3.05) is 13.2 Å². The zero-order valence-corrected chi connectivity index (χ0v) is 11.7. The van der Waals surface area contributed by atoms with E-state index in [0.29, 0.717) is 12.6 Å². The standard InChI is InChI=1S/C16H19N3O/c1-2-20-16-8-4-3-6-12(16)14-10-17-11-15(19-14)13-7-5-9-18-13/h3-4,6,8,10-11,13,18H,2,5,7,9H2,1H3. The van der Waals surface area contributed by atoms with Crippen molar-refractivity contribution in [1.82, 2.24) is 15.3 Å². The summed E-state index contributed by atoms with van der Waals surface area (Å²) in [5.74, 6) is 0.862. The Bertz CT molecular complexity index is 579. The maximum absolute atomic E-state index is 5.67. The van der Waals surface area contributed by atoms with Crippen LogP contribution < -0.4 is 10.1 Å². The van der Waals surface area contributed by atoms with E-state index in [1.807, 2.05) is 37.4 Å². The van der Waals surface area contributed by atoms with E-state index in [1.165, 1.54) is 6.42 Å². The lowest BCUT2D eigenvalue weighted by molar-refractivity contribution is 0.341. The molecule has 1 N–H and O–H groups in total. The maximum atomic E-state index is 5.67. The zero-order valence-electron chi connectivity index (χ0n) is 11.7. The zero-order chi connectivity index (χ0) is 13.8. The van der Waals surface area contributed by atoms with Crippen molar-refractivity contribution in [1.29, 1.82) is 0 Å². The Balaban J connectivity index is 1.95. The molecular formula is C16H19N3O. The van der Waals surface area contributed by atoms with Gasteiger partial charge in [-0.15, -0.1) is 0 Å². The van der Waals surface area contributed by atoms with Crippen molar-refractivity contribution in [3.63, 3.8) is 0 Å². The molecule has 0 bridgehead atoms. The van der Waals surface area contributed by atoms with Gasteiger partial charge >= 0.3 is 0 Å². The number of aromatic nitrogens is 2. The third-order valence-electron chi connectivity index (χ3n) is 3.53. The van der Waals surface area contributed by atoms with Crippen LogP contribution in [0.15, 0.2) is 36.7 Å². The summed E-state index contributed by atoms with van der Waals surface area (Å²) in [5, 5.41) is 3.46. The molecule has 0 spiro atoms. The number of nitrogens with one attached hydrogen (secondary N) is 1. The molecule has 3 rings (SSSR count). The van der Waals surface area contributed by atoms with Gasteiger partial charge in [-0.1, -0.05) is 12.1 Å². The molecule has 4 nitrogen and oxygen atoms in total. The van der Waals surface area contributed by atoms with Crippen LogP contribution in [0.3, 0.4) is 0 Å². The highest BCUT2D eigenvalue weighted by atomic mass is 16.5. The van der Waals surface area contributed by atoms with E-state index in [0.717, 1.165) is 35.7 Å². The van der Waals surface area contributed by atoms with Gasteiger partial charge in [-0.2, -0.15) is 0 Å². The molecule has 4 heteroatoms. The van der Waals surface area contributed by atoms with Crippen LogP contribution in [0.4, 0.5) is 0 Å². The second-order valence-corrected chi connectivity index (χ2v) is 4.91. The summed E-state index contributed by atoms with van der Waals surface area (Å²) in [6.45, 7) is 3.70. The number of hydrogen-bond donors (Lipinski definition) is 1. The minimum Gasteiger partial charge on any atom is -0.493 e. The summed E-state index contributed by atoms with van der Waals surface area (Å²) < 4.78 is 5.67. The Morgan fingerprint density at radius 3 is 3.00 bits per heavy atom. The molecular weight excluding hydrogens is 250 g/mol. The van der Waals surface area contributed by atoms with Gasteiger partial charge in [0.15, 0.2) is 0 Å². The summed E-state index contributed by atoms with van der Waals surface area (Å²) in [4.78, 5) is 9.11. The predicted molar refractivity (Wildman–Crippen MR) is 78.6 cm³/mol. The minimum atomic E-state index is 0.335. The van der Waals surface area contributed by atoms with Crippen LogP contribution in [0.25, 0.3) is 11.3 Å². The first-order valence-electron chi connectivity index (χ1n) is 7.16. The highest BCUT2D eigenvalue weighted by Gasteiger charge is 2.18. The van der Waals surface area contributed by atoms with Crippen molar-refractivity contribution in [2.45, 2.75) is 25.8 Å². The smallest absolute Gasteiger partial charge is 0.128 e. The molecule has 1 saturated heterocycles. The molecule has 0 saturated carbocycles. The molecule has 20 heavy (non-hydrogen) atoms. The molecule has 0 amide bonds. The lowest BCUT2D eigenvalue weighted by atomic mass is 10.1. The van der Waals surface area contributed by atoms with Crippen LogP contribution in [0.2, 0.25) is 0 Å². The number of benzene rings is 1. The highest BCUT2D eigenvalue weighted by Crippen LogP contribution is 2.29. The van der Waals surface area contributed by atoms with Crippen molar-refractivity contribution in [3.8, 4) is 17.0 Å². The number of rotatable bonds is 4. The summed E-state index contributed by atoms with van der Waals surface area (Å²) in [6, 6.07) is 8.31. The summed E-state index contributed by atoms with van der Waals surface area (Å²) in [6.07, 6.45) is 5.99. The van der Waals surface area contributed by atoms with Crippen LogP contribution >= 0.6 is 0 Å². The van der Waals surface area contributed by atoms with Gasteiger partial charge in [0, 0.05) is 5.56 Å². The maximum Gasteiger partial charge on any atom is 0.128 e. The molecule has 0 radical (unpaired) electrons. The lowest BCUT2D eigenvalue weighted by Crippen LogP contribution is -2.14. The fourth-order valence-electron chi connectivity index (χ4n) is 2.58. The third-order valence-corrected chi connectivity index (χ3v) is 3.53. The average Bonchev–Trinajstić information content (AvgIpc) is 3.03. The second-order valence-electron chi connectivity index (χ2n) is 4.91. The van der Waals surface area contributed by atoms with Crippen LogP contribution in [0, 0.1) is 0 Å². The summed E-state index contributed by atoms with van der Waals surface area (Å²) >= 11 is 0. The third kappa shape index (κ3) is 2.65. The van der Waals surface area contributed by atoms with Gasteiger partial charge in [-0.3, -0.25) is 4.98 Å². The van der Waals surface area contributed by atoms with E-state index in [1.54, 1.807) is 6.20 Å². The van der Waals surface area contributed by atoms with Crippen molar-refractivity contribution >= 4 is 0 Å². The normalized spacial score (nSPS) is 18.1. The van der Waals surface area contributed by atoms with Crippen molar-refractivity contribution < 1.29 is 4.74 Å². The first-order valence-corrected chi connectivity index (χ1v) is 7.16. The van der Waals surface area contributed by atoms with E-state index in [2.05, 4.69) is 10.3 Å². The number of hydrogen-bond acceptors (Lipinski definition) is 4. The number of ether oxygens (including phenoxy) is 1. The summed E-state index contributed by atoms with van der Waals surface area (Å²) in [5.41, 5.74) is 2.90. The average molecular weight is 269 g/mol. The SMILES string of the molecule is CCOc1ccccc1-c1cncc(C2CCCN2)n1. The van der Waals surface area contributed by atoms with E-state index < -0.39 is 0 Å². The predicted octanol–water partition coefficient (Wildman–Crippen LogP) is 2.97. The van der Waals surface area contributed by atoms with Crippen LogP contribution in [0.1, 0.15) is 31.5 Å². The van der Waals surface area contributed by atoms with Crippen molar-refractivity contribution in [2.24, 2.45) is 0 Å². The Morgan fingerprint density at radius 2 is 2.20 bits per heavy atom. The molecule has 1 aromatic carbocycles. The van der Waals surface area contributed by atoms with Crippen LogP contribution in [-0.2, 0) is 0 Å². The van der Waals surface area contributed by atoms with Gasteiger partial charge in [-0.05, 0) is 38.4 Å². The molecule has 104 valence electrons. The first kappa shape index (κ1) is 13.1. The highest BCUT2D eigenvalue weighted by molar-refractivity contribution is 5.66. The lowest BCUT2D eigenvalue weighted by Gasteiger charge is -2.12. The van der Waals surface area contributed by atoms with Crippen LogP contribution in [-0.4, -0.2) is 23.1 Å². The molecule has 0 aliphatic carbocycles. The molecule has 2 aromatic rings. The van der Waals surface area contributed by atoms with Crippen molar-refractivity contribution in [3.05, 3.63) is 42.4 Å². The fourth-order valence-corrected chi connectivity index (χ4v) is 2.58. The molecule has 1 aromatic heterocycles. The summed E-state index contributed by atoms with van der Waals surface area (Å²) in [7, 11) is 0. The Kier molecular flexibility index (Phi) is 3.92. The van der Waals surface area contributed by atoms with Gasteiger partial charge in [0.1, 0.15) is 5.75 Å². The van der Waals surface area contributed by atoms with Gasteiger partial charge in [-0.25, -0.2) is 4.98 Å². The molecule has 1 aliphatic heterocycles. The van der Waals surface area contributed by atoms with Gasteiger partial charge in [0.05, 0.1) is 36.4 Å². The molecule has 1 aliphatic rings. The Labute approximate surface area is 119 Å². The van der Waals surface area contributed by atoms with Gasteiger partial charge in [0.25, 0.3) is 0 Å². The van der Waals surface area contributed by atoms with Gasteiger partial charge in [0.2, 0.25) is 0 Å². The second kappa shape index (κ2) is 6.01. The Hall–Kier alpha value is -1.94. The van der Waals surface area contributed by atoms with E-state index in [4.69, 9.17) is 9.72 Å². The van der Waals surface area contributed by atoms with Crippen LogP contribution in [0.5, 0.6) is 5.75 Å².